The van der Waals surface area contributed by atoms with Gasteiger partial charge in [0.25, 0.3) is 0 Å². The molecule has 2 aromatic carbocycles. The Balaban J connectivity index is 2.09. The Kier molecular flexibility index (Phi) is 6.38. The van der Waals surface area contributed by atoms with Crippen LogP contribution >= 0.6 is 0 Å². The van der Waals surface area contributed by atoms with Gasteiger partial charge in [-0.25, -0.2) is 0 Å². The first kappa shape index (κ1) is 24.4. The third-order valence-corrected chi connectivity index (χ3v) is 7.41. The maximum atomic E-state index is 14.0. The topological polar surface area (TPSA) is 119 Å². The maximum Gasteiger partial charge on any atom is 0.330 e. The van der Waals surface area contributed by atoms with Gasteiger partial charge >= 0.3 is 11.9 Å². The van der Waals surface area contributed by atoms with Gasteiger partial charge in [-0.15, -0.1) is 0 Å². The lowest BCUT2D eigenvalue weighted by Crippen LogP contribution is -2.70. The molecule has 0 aliphatic heterocycles. The van der Waals surface area contributed by atoms with E-state index in [1.165, 1.54) is 14.2 Å². The summed E-state index contributed by atoms with van der Waals surface area (Å²) in [5.74, 6) is -2.84. The van der Waals surface area contributed by atoms with E-state index in [2.05, 4.69) is 12.1 Å². The molecular formula is C27H26N2O6. The molecule has 0 amide bonds. The van der Waals surface area contributed by atoms with E-state index >= 15 is 0 Å². The van der Waals surface area contributed by atoms with Crippen LogP contribution in [0, 0.1) is 33.5 Å². The lowest BCUT2D eigenvalue weighted by molar-refractivity contribution is -0.181. The second kappa shape index (κ2) is 9.14. The number of nitrogens with zero attached hydrogens (tertiary/aromatic N) is 2. The van der Waals surface area contributed by atoms with Gasteiger partial charge < -0.3 is 18.9 Å². The lowest BCUT2D eigenvalue weighted by atomic mass is 9.35. The molecule has 5 rings (SSSR count). The first-order chi connectivity index (χ1) is 16.9. The third kappa shape index (κ3) is 2.97. The lowest BCUT2D eigenvalue weighted by Gasteiger charge is -2.61. The molecule has 8 nitrogen and oxygen atoms in total. The van der Waals surface area contributed by atoms with Crippen molar-refractivity contribution in [2.24, 2.45) is 10.8 Å². The van der Waals surface area contributed by atoms with Gasteiger partial charge in [-0.2, -0.15) is 10.5 Å². The molecule has 35 heavy (non-hydrogen) atoms. The van der Waals surface area contributed by atoms with Crippen LogP contribution in [0.3, 0.4) is 0 Å². The second-order valence-corrected chi connectivity index (χ2v) is 8.77. The summed E-state index contributed by atoms with van der Waals surface area (Å²) in [6.45, 7) is 1.66. The van der Waals surface area contributed by atoms with Gasteiger partial charge in [-0.05, 0) is 29.2 Å². The van der Waals surface area contributed by atoms with E-state index in [0.717, 1.165) is 0 Å². The molecule has 8 heteroatoms. The number of fused-ring (bicyclic) bond motifs is 1. The van der Waals surface area contributed by atoms with Crippen molar-refractivity contribution in [3.8, 4) is 12.1 Å². The third-order valence-electron chi connectivity index (χ3n) is 7.41. The van der Waals surface area contributed by atoms with Crippen molar-refractivity contribution in [1.82, 2.24) is 0 Å². The fourth-order valence-corrected chi connectivity index (χ4v) is 5.94. The minimum absolute atomic E-state index is 0.0956. The Morgan fingerprint density at radius 3 is 1.74 bits per heavy atom. The summed E-state index contributed by atoms with van der Waals surface area (Å²) < 4.78 is 21.0. The van der Waals surface area contributed by atoms with Crippen LogP contribution in [-0.2, 0) is 34.0 Å². The Bertz CT molecular complexity index is 1200. The molecule has 0 radical (unpaired) electrons. The molecular weight excluding hydrogens is 448 g/mol. The van der Waals surface area contributed by atoms with Crippen LogP contribution in [-0.4, -0.2) is 52.6 Å². The van der Waals surface area contributed by atoms with Crippen molar-refractivity contribution in [2.75, 3.05) is 40.6 Å². The largest absolute Gasteiger partial charge is 0.462 e. The van der Waals surface area contributed by atoms with Gasteiger partial charge in [0, 0.05) is 25.6 Å². The van der Waals surface area contributed by atoms with Crippen LogP contribution in [0.15, 0.2) is 48.5 Å². The van der Waals surface area contributed by atoms with E-state index in [0.29, 0.717) is 22.3 Å². The zero-order valence-corrected chi connectivity index (χ0v) is 19.9. The predicted molar refractivity (Wildman–Crippen MR) is 123 cm³/mol. The van der Waals surface area contributed by atoms with Crippen molar-refractivity contribution in [3.05, 3.63) is 70.8 Å². The number of nitriles is 2. The Morgan fingerprint density at radius 1 is 0.800 bits per heavy atom. The van der Waals surface area contributed by atoms with Crippen molar-refractivity contribution < 1.29 is 28.5 Å². The maximum absolute atomic E-state index is 14.0. The van der Waals surface area contributed by atoms with Gasteiger partial charge in [0.05, 0.1) is 25.4 Å². The normalized spacial score (nSPS) is 27.6. The first-order valence-corrected chi connectivity index (χ1v) is 11.3. The first-order valence-electron chi connectivity index (χ1n) is 11.3. The second-order valence-electron chi connectivity index (χ2n) is 8.77. The van der Waals surface area contributed by atoms with Crippen LogP contribution < -0.4 is 0 Å². The fraction of sp³-hybridized carbons (Fsp3) is 0.407. The fourth-order valence-electron chi connectivity index (χ4n) is 5.94. The summed E-state index contributed by atoms with van der Waals surface area (Å²) in [4.78, 5) is 27.9. The number of hydrogen-bond donors (Lipinski definition) is 0. The van der Waals surface area contributed by atoms with Crippen molar-refractivity contribution in [2.45, 2.75) is 18.3 Å². The highest BCUT2D eigenvalue weighted by Crippen LogP contribution is 2.72. The smallest absolute Gasteiger partial charge is 0.330 e. The highest BCUT2D eigenvalue weighted by atomic mass is 16.6. The van der Waals surface area contributed by atoms with E-state index in [1.807, 2.05) is 48.5 Å². The molecule has 2 unspecified atom stereocenters. The molecule has 180 valence electrons. The van der Waals surface area contributed by atoms with Crippen LogP contribution in [0.4, 0.5) is 0 Å². The van der Waals surface area contributed by atoms with E-state index in [-0.39, 0.29) is 26.4 Å². The Labute approximate surface area is 204 Å². The summed E-state index contributed by atoms with van der Waals surface area (Å²) in [5.41, 5.74) is -3.03. The van der Waals surface area contributed by atoms with Gasteiger partial charge in [0.2, 0.25) is 0 Å². The molecule has 3 aliphatic carbocycles. The van der Waals surface area contributed by atoms with Crippen molar-refractivity contribution in [3.63, 3.8) is 0 Å². The summed E-state index contributed by atoms with van der Waals surface area (Å²) in [7, 11) is 2.91. The molecule has 0 N–H and O–H groups in total. The molecule has 0 saturated heterocycles. The van der Waals surface area contributed by atoms with Crippen LogP contribution in [0.2, 0.25) is 0 Å². The summed E-state index contributed by atoms with van der Waals surface area (Å²) in [6.07, 6.45) is 0. The van der Waals surface area contributed by atoms with Crippen LogP contribution in [0.5, 0.6) is 0 Å². The Morgan fingerprint density at radius 2 is 1.29 bits per heavy atom. The van der Waals surface area contributed by atoms with Crippen LogP contribution in [0.1, 0.15) is 35.1 Å². The molecule has 0 saturated carbocycles. The number of hydrogen-bond acceptors (Lipinski definition) is 8. The molecule has 0 spiro atoms. The quantitative estimate of drug-likeness (QED) is 0.423. The summed E-state index contributed by atoms with van der Waals surface area (Å²) in [5, 5.41) is 21.6. The number of esters is 2. The average Bonchev–Trinajstić information content (AvgIpc) is 2.88. The monoisotopic (exact) mass is 474 g/mol. The molecule has 0 heterocycles. The number of carbonyl (C=O) groups is 2. The molecule has 0 aromatic heterocycles. The van der Waals surface area contributed by atoms with E-state index in [1.54, 1.807) is 6.92 Å². The molecule has 2 aromatic rings. The number of rotatable bonds is 8. The van der Waals surface area contributed by atoms with Gasteiger partial charge in [0.1, 0.15) is 13.2 Å². The van der Waals surface area contributed by atoms with E-state index < -0.39 is 34.1 Å². The summed E-state index contributed by atoms with van der Waals surface area (Å²) in [6, 6.07) is 18.9. The molecule has 0 fully saturated rings. The molecule has 2 bridgehead atoms. The summed E-state index contributed by atoms with van der Waals surface area (Å²) >= 11 is 0. The number of ether oxygens (including phenoxy) is 4. The minimum Gasteiger partial charge on any atom is -0.462 e. The van der Waals surface area contributed by atoms with Gasteiger partial charge in [-0.3, -0.25) is 9.59 Å². The molecule has 3 aliphatic rings. The predicted octanol–water partition coefficient (Wildman–Crippen LogP) is 2.85. The zero-order chi connectivity index (χ0) is 25.3. The number of methoxy groups -OCH3 is 2. The zero-order valence-electron chi connectivity index (χ0n) is 19.9. The van der Waals surface area contributed by atoms with Gasteiger partial charge in [-0.1, -0.05) is 48.5 Å². The number of benzene rings is 2. The highest BCUT2D eigenvalue weighted by Gasteiger charge is 2.81. The Hall–Kier alpha value is -3.72. The molecule has 2 atom stereocenters. The minimum atomic E-state index is -2.24. The van der Waals surface area contributed by atoms with E-state index in [4.69, 9.17) is 18.9 Å². The highest BCUT2D eigenvalue weighted by molar-refractivity contribution is 5.99. The van der Waals surface area contributed by atoms with Crippen LogP contribution in [0.25, 0.3) is 0 Å². The van der Waals surface area contributed by atoms with Crippen molar-refractivity contribution >= 4 is 11.9 Å². The SMILES string of the molecule is COCCOC(=O)C1(C#N)C2c3ccccc3C(C)(c3ccccc32)C1(C#N)C(=O)OCCOC. The standard InChI is InChI=1S/C27H26N2O6/c1-25-20-10-6-4-8-18(20)22(19-9-5-7-11-21(19)25)26(16-28,23(30)34-14-12-32-2)27(25,17-29)24(31)35-15-13-33-3/h4-11,22H,12-15H2,1-3H3. The van der Waals surface area contributed by atoms with Crippen molar-refractivity contribution in [1.29, 1.82) is 10.5 Å². The average molecular weight is 475 g/mol. The van der Waals surface area contributed by atoms with E-state index in [9.17, 15) is 20.1 Å². The number of carbonyl (C=O) groups excluding carboxylic acids is 2. The van der Waals surface area contributed by atoms with Gasteiger partial charge in [0.15, 0.2) is 10.8 Å².